The lowest BCUT2D eigenvalue weighted by Crippen LogP contribution is -2.26. The Kier molecular flexibility index (Phi) is 1.55. The van der Waals surface area contributed by atoms with Crippen molar-refractivity contribution in [3.8, 4) is 0 Å². The molecule has 0 radical (unpaired) electrons. The summed E-state index contributed by atoms with van der Waals surface area (Å²) in [5.41, 5.74) is 0. The molecule has 0 aromatic rings. The molecule has 0 aromatic heterocycles. The molecule has 1 aliphatic rings. The number of hydrogen-bond acceptors (Lipinski definition) is 1. The van der Waals surface area contributed by atoms with E-state index in [0.717, 1.165) is 4.90 Å². The van der Waals surface area contributed by atoms with E-state index in [-0.39, 0.29) is 6.54 Å². The van der Waals surface area contributed by atoms with Gasteiger partial charge in [0, 0.05) is 6.54 Å². The van der Waals surface area contributed by atoms with Gasteiger partial charge in [-0.15, -0.1) is 0 Å². The summed E-state index contributed by atoms with van der Waals surface area (Å²) in [6, 6.07) is 0. The Morgan fingerprint density at radius 3 is 2.67 bits per heavy atom. The number of rotatable bonds is 0. The van der Waals surface area contributed by atoms with E-state index < -0.39 is 12.3 Å². The predicted octanol–water partition coefficient (Wildman–Crippen LogP) is 0.708. The zero-order chi connectivity index (χ0) is 6.85. The molecule has 0 bridgehead atoms. The molecular formula is C5H8FNO2. The van der Waals surface area contributed by atoms with Gasteiger partial charge in [-0.25, -0.2) is 9.18 Å². The van der Waals surface area contributed by atoms with Gasteiger partial charge in [0.1, 0.15) is 6.17 Å². The Morgan fingerprint density at radius 2 is 2.44 bits per heavy atom. The van der Waals surface area contributed by atoms with Crippen molar-refractivity contribution in [2.75, 3.05) is 13.1 Å². The van der Waals surface area contributed by atoms with Crippen molar-refractivity contribution in [3.63, 3.8) is 0 Å². The first-order valence-corrected chi connectivity index (χ1v) is 2.82. The molecular weight excluding hydrogens is 125 g/mol. The van der Waals surface area contributed by atoms with Crippen molar-refractivity contribution in [1.29, 1.82) is 0 Å². The van der Waals surface area contributed by atoms with Crippen LogP contribution in [-0.4, -0.2) is 35.4 Å². The monoisotopic (exact) mass is 133 g/mol. The highest BCUT2D eigenvalue weighted by Crippen LogP contribution is 2.11. The van der Waals surface area contributed by atoms with Gasteiger partial charge in [0.15, 0.2) is 0 Å². The normalized spacial score (nSPS) is 26.8. The molecule has 52 valence electrons. The highest BCUT2D eigenvalue weighted by Gasteiger charge is 2.24. The molecule has 1 saturated heterocycles. The van der Waals surface area contributed by atoms with Crippen LogP contribution in [0, 0.1) is 0 Å². The first kappa shape index (κ1) is 6.32. The third-order valence-electron chi connectivity index (χ3n) is 1.40. The summed E-state index contributed by atoms with van der Waals surface area (Å²) in [5.74, 6) is 0. The Bertz CT molecular complexity index is 128. The van der Waals surface area contributed by atoms with Gasteiger partial charge in [-0.1, -0.05) is 0 Å². The average Bonchev–Trinajstić information content (AvgIpc) is 2.14. The smallest absolute Gasteiger partial charge is 0.407 e. The SMILES string of the molecule is O=C(O)N1CCC(F)C1. The summed E-state index contributed by atoms with van der Waals surface area (Å²) in [7, 11) is 0. The van der Waals surface area contributed by atoms with Crippen LogP contribution in [-0.2, 0) is 0 Å². The van der Waals surface area contributed by atoms with Crippen LogP contribution in [0.5, 0.6) is 0 Å². The number of hydrogen-bond donors (Lipinski definition) is 1. The summed E-state index contributed by atoms with van der Waals surface area (Å²) in [6.07, 6.45) is -1.61. The maximum Gasteiger partial charge on any atom is 0.407 e. The molecule has 0 aromatic carbocycles. The molecule has 9 heavy (non-hydrogen) atoms. The van der Waals surface area contributed by atoms with Gasteiger partial charge in [0.05, 0.1) is 6.54 Å². The standard InChI is InChI=1S/C5H8FNO2/c6-4-1-2-7(3-4)5(8)9/h4H,1-3H2,(H,8,9). The van der Waals surface area contributed by atoms with Crippen molar-refractivity contribution in [1.82, 2.24) is 4.90 Å². The van der Waals surface area contributed by atoms with E-state index >= 15 is 0 Å². The minimum atomic E-state index is -1.02. The summed E-state index contributed by atoms with van der Waals surface area (Å²) in [4.78, 5) is 11.2. The predicted molar refractivity (Wildman–Crippen MR) is 29.1 cm³/mol. The Morgan fingerprint density at radius 1 is 1.78 bits per heavy atom. The molecule has 1 heterocycles. The highest BCUT2D eigenvalue weighted by molar-refractivity contribution is 5.65. The minimum absolute atomic E-state index is 0.0509. The lowest BCUT2D eigenvalue weighted by molar-refractivity contribution is 0.152. The molecule has 1 aliphatic heterocycles. The van der Waals surface area contributed by atoms with Gasteiger partial charge in [-0.3, -0.25) is 0 Å². The van der Waals surface area contributed by atoms with Gasteiger partial charge in [0.2, 0.25) is 0 Å². The zero-order valence-electron chi connectivity index (χ0n) is 4.88. The number of carbonyl (C=O) groups is 1. The average molecular weight is 133 g/mol. The maximum atomic E-state index is 12.2. The molecule has 0 aliphatic carbocycles. The van der Waals surface area contributed by atoms with E-state index in [4.69, 9.17) is 5.11 Å². The van der Waals surface area contributed by atoms with Crippen molar-refractivity contribution in [2.45, 2.75) is 12.6 Å². The molecule has 1 fully saturated rings. The maximum absolute atomic E-state index is 12.2. The fourth-order valence-corrected chi connectivity index (χ4v) is 0.891. The number of amides is 1. The van der Waals surface area contributed by atoms with Crippen LogP contribution in [0.3, 0.4) is 0 Å². The second kappa shape index (κ2) is 2.21. The molecule has 1 rings (SSSR count). The highest BCUT2D eigenvalue weighted by atomic mass is 19.1. The minimum Gasteiger partial charge on any atom is -0.465 e. The van der Waals surface area contributed by atoms with E-state index in [2.05, 4.69) is 0 Å². The van der Waals surface area contributed by atoms with Crippen molar-refractivity contribution >= 4 is 6.09 Å². The van der Waals surface area contributed by atoms with Gasteiger partial charge >= 0.3 is 6.09 Å². The number of carboxylic acid groups (broad SMARTS) is 1. The van der Waals surface area contributed by atoms with Crippen molar-refractivity contribution < 1.29 is 14.3 Å². The molecule has 4 heteroatoms. The summed E-state index contributed by atoms with van der Waals surface area (Å²) in [5, 5.41) is 8.29. The molecule has 1 unspecified atom stereocenters. The molecule has 3 nitrogen and oxygen atoms in total. The van der Waals surface area contributed by atoms with Gasteiger partial charge < -0.3 is 10.0 Å². The van der Waals surface area contributed by atoms with Crippen molar-refractivity contribution in [2.24, 2.45) is 0 Å². The van der Waals surface area contributed by atoms with E-state index in [1.165, 1.54) is 0 Å². The van der Waals surface area contributed by atoms with Crippen LogP contribution < -0.4 is 0 Å². The number of nitrogens with zero attached hydrogens (tertiary/aromatic N) is 1. The van der Waals surface area contributed by atoms with Crippen LogP contribution in [0.4, 0.5) is 9.18 Å². The van der Waals surface area contributed by atoms with Gasteiger partial charge in [-0.05, 0) is 6.42 Å². The van der Waals surface area contributed by atoms with Crippen LogP contribution in [0.15, 0.2) is 0 Å². The van der Waals surface area contributed by atoms with Gasteiger partial charge in [0.25, 0.3) is 0 Å². The fourth-order valence-electron chi connectivity index (χ4n) is 0.891. The Hall–Kier alpha value is -0.800. The van der Waals surface area contributed by atoms with Crippen molar-refractivity contribution in [3.05, 3.63) is 0 Å². The number of likely N-dealkylation sites (tertiary alicyclic amines) is 1. The first-order valence-electron chi connectivity index (χ1n) is 2.82. The van der Waals surface area contributed by atoms with Gasteiger partial charge in [-0.2, -0.15) is 0 Å². The quantitative estimate of drug-likeness (QED) is 0.528. The third kappa shape index (κ3) is 1.31. The molecule has 1 N–H and O–H groups in total. The summed E-state index contributed by atoms with van der Waals surface area (Å²) in [6.45, 7) is 0.395. The fraction of sp³-hybridized carbons (Fsp3) is 0.800. The molecule has 0 spiro atoms. The second-order valence-corrected chi connectivity index (χ2v) is 2.11. The van der Waals surface area contributed by atoms with E-state index in [9.17, 15) is 9.18 Å². The molecule has 1 amide bonds. The number of halogens is 1. The lowest BCUT2D eigenvalue weighted by atomic mass is 10.3. The first-order chi connectivity index (χ1) is 4.20. The topological polar surface area (TPSA) is 40.5 Å². The summed E-state index contributed by atoms with van der Waals surface area (Å²) >= 11 is 0. The largest absolute Gasteiger partial charge is 0.465 e. The Balaban J connectivity index is 2.39. The molecule has 1 atom stereocenters. The van der Waals surface area contributed by atoms with E-state index in [1.807, 2.05) is 0 Å². The zero-order valence-corrected chi connectivity index (χ0v) is 4.88. The van der Waals surface area contributed by atoms with E-state index in [1.54, 1.807) is 0 Å². The lowest BCUT2D eigenvalue weighted by Gasteiger charge is -2.07. The number of alkyl halides is 1. The van der Waals surface area contributed by atoms with Crippen LogP contribution in [0.25, 0.3) is 0 Å². The van der Waals surface area contributed by atoms with Crippen LogP contribution in [0.1, 0.15) is 6.42 Å². The molecule has 0 saturated carbocycles. The Labute approximate surface area is 52.1 Å². The van der Waals surface area contributed by atoms with E-state index in [0.29, 0.717) is 13.0 Å². The third-order valence-corrected chi connectivity index (χ3v) is 1.40. The van der Waals surface area contributed by atoms with Crippen LogP contribution >= 0.6 is 0 Å². The second-order valence-electron chi connectivity index (χ2n) is 2.11. The summed E-state index contributed by atoms with van der Waals surface area (Å²) < 4.78 is 12.2. The van der Waals surface area contributed by atoms with Crippen LogP contribution in [0.2, 0.25) is 0 Å².